The molecule has 0 aromatic rings. The fourth-order valence-electron chi connectivity index (χ4n) is 0.480. The zero-order valence-electron chi connectivity index (χ0n) is 6.72. The summed E-state index contributed by atoms with van der Waals surface area (Å²) in [5.41, 5.74) is 0.0353. The lowest BCUT2D eigenvalue weighted by Crippen LogP contribution is -2.17. The molecule has 0 heterocycles. The van der Waals surface area contributed by atoms with Gasteiger partial charge < -0.3 is 5.84 Å². The number of rotatable bonds is 1. The highest BCUT2D eigenvalue weighted by atomic mass is 32.2. The number of thioether (sulfide) groups is 1. The molecule has 0 fully saturated rings. The molecule has 0 bridgehead atoms. The van der Waals surface area contributed by atoms with E-state index in [9.17, 15) is 0 Å². The first-order valence-corrected chi connectivity index (χ1v) is 3.96. The van der Waals surface area contributed by atoms with Crippen LogP contribution in [0.25, 0.3) is 0 Å². The van der Waals surface area contributed by atoms with Crippen LogP contribution >= 0.6 is 11.8 Å². The predicted octanol–water partition coefficient (Wildman–Crippen LogP) is 2.18. The molecule has 0 radical (unpaired) electrons. The van der Waals surface area contributed by atoms with Crippen molar-refractivity contribution < 1.29 is 0 Å². The van der Waals surface area contributed by atoms with Gasteiger partial charge in [-0.1, -0.05) is 39.1 Å². The molecule has 0 unspecified atom stereocenters. The van der Waals surface area contributed by atoms with Crippen LogP contribution in [0, 0.1) is 5.41 Å². The molecule has 0 spiro atoms. The van der Waals surface area contributed by atoms with Crippen molar-refractivity contribution in [2.75, 3.05) is 0 Å². The van der Waals surface area contributed by atoms with E-state index in [0.29, 0.717) is 0 Å². The van der Waals surface area contributed by atoms with Gasteiger partial charge in [-0.3, -0.25) is 0 Å². The van der Waals surface area contributed by atoms with E-state index < -0.39 is 0 Å². The molecule has 0 amide bonds. The highest BCUT2D eigenvalue weighted by molar-refractivity contribution is 8.16. The smallest absolute Gasteiger partial charge is 0.102 e. The number of hydrazone groups is 1. The van der Waals surface area contributed by atoms with E-state index in [2.05, 4.69) is 32.5 Å². The Labute approximate surface area is 66.6 Å². The summed E-state index contributed by atoms with van der Waals surface area (Å²) in [6, 6.07) is 0. The minimum atomic E-state index is 0.0353. The van der Waals surface area contributed by atoms with E-state index in [1.165, 1.54) is 11.8 Å². The SMILES string of the molecule is C=CS/C(=N\N)C(C)(C)C. The third-order valence-electron chi connectivity index (χ3n) is 0.954. The molecule has 0 saturated heterocycles. The van der Waals surface area contributed by atoms with E-state index in [1.807, 2.05) is 0 Å². The molecule has 0 rings (SSSR count). The van der Waals surface area contributed by atoms with E-state index in [4.69, 9.17) is 5.84 Å². The quantitative estimate of drug-likeness (QED) is 0.275. The molecular weight excluding hydrogens is 144 g/mol. The van der Waals surface area contributed by atoms with Gasteiger partial charge in [0.15, 0.2) is 0 Å². The summed E-state index contributed by atoms with van der Waals surface area (Å²) in [7, 11) is 0. The van der Waals surface area contributed by atoms with E-state index in [1.54, 1.807) is 5.41 Å². The van der Waals surface area contributed by atoms with Crippen LogP contribution in [-0.4, -0.2) is 5.04 Å². The van der Waals surface area contributed by atoms with Gasteiger partial charge in [-0.2, -0.15) is 5.10 Å². The fourth-order valence-corrected chi connectivity index (χ4v) is 1.05. The zero-order chi connectivity index (χ0) is 8.20. The molecule has 0 aromatic carbocycles. The summed E-state index contributed by atoms with van der Waals surface area (Å²) in [5.74, 6) is 5.16. The minimum Gasteiger partial charge on any atom is -0.322 e. The molecule has 0 aromatic heterocycles. The zero-order valence-corrected chi connectivity index (χ0v) is 7.53. The van der Waals surface area contributed by atoms with Crippen molar-refractivity contribution in [3.63, 3.8) is 0 Å². The molecule has 10 heavy (non-hydrogen) atoms. The largest absolute Gasteiger partial charge is 0.322 e. The van der Waals surface area contributed by atoms with Crippen molar-refractivity contribution in [1.82, 2.24) is 0 Å². The van der Waals surface area contributed by atoms with Crippen molar-refractivity contribution >= 4 is 16.8 Å². The molecule has 3 heteroatoms. The fraction of sp³-hybridized carbons (Fsp3) is 0.571. The summed E-state index contributed by atoms with van der Waals surface area (Å²) in [6.07, 6.45) is 0. The van der Waals surface area contributed by atoms with Crippen LogP contribution in [0.5, 0.6) is 0 Å². The van der Waals surface area contributed by atoms with Crippen molar-refractivity contribution in [1.29, 1.82) is 0 Å². The Balaban J connectivity index is 4.23. The van der Waals surface area contributed by atoms with Crippen molar-refractivity contribution in [2.45, 2.75) is 20.8 Å². The molecule has 58 valence electrons. The molecule has 2 N–H and O–H groups in total. The topological polar surface area (TPSA) is 38.4 Å². The second kappa shape index (κ2) is 3.66. The lowest BCUT2D eigenvalue weighted by Gasteiger charge is -2.17. The molecule has 0 aliphatic heterocycles. The number of nitrogens with zero attached hydrogens (tertiary/aromatic N) is 1. The Morgan fingerprint density at radius 2 is 2.10 bits per heavy atom. The lowest BCUT2D eigenvalue weighted by molar-refractivity contribution is 0.600. The molecule has 0 aliphatic carbocycles. The Hall–Kier alpha value is -0.440. The highest BCUT2D eigenvalue weighted by Crippen LogP contribution is 2.24. The summed E-state index contributed by atoms with van der Waals surface area (Å²) in [4.78, 5) is 0. The normalized spacial score (nSPS) is 13.3. The minimum absolute atomic E-state index is 0.0353. The van der Waals surface area contributed by atoms with E-state index in [-0.39, 0.29) is 5.41 Å². The van der Waals surface area contributed by atoms with Gasteiger partial charge in [0.05, 0.1) is 0 Å². The first-order valence-electron chi connectivity index (χ1n) is 3.08. The third-order valence-corrected chi connectivity index (χ3v) is 2.06. The van der Waals surface area contributed by atoms with Crippen molar-refractivity contribution in [3.05, 3.63) is 12.0 Å². The Morgan fingerprint density at radius 3 is 2.20 bits per heavy atom. The van der Waals surface area contributed by atoms with Crippen LogP contribution in [-0.2, 0) is 0 Å². The number of hydrogen-bond acceptors (Lipinski definition) is 3. The van der Waals surface area contributed by atoms with Crippen LogP contribution in [0.15, 0.2) is 17.1 Å². The van der Waals surface area contributed by atoms with Crippen LogP contribution in [0.4, 0.5) is 0 Å². The van der Waals surface area contributed by atoms with Crippen LogP contribution < -0.4 is 5.84 Å². The maximum absolute atomic E-state index is 5.16. The van der Waals surface area contributed by atoms with Gasteiger partial charge in [0, 0.05) is 5.41 Å². The summed E-state index contributed by atoms with van der Waals surface area (Å²) in [6.45, 7) is 9.78. The molecule has 0 aliphatic rings. The maximum Gasteiger partial charge on any atom is 0.102 e. The third kappa shape index (κ3) is 2.92. The second-order valence-electron chi connectivity index (χ2n) is 2.97. The maximum atomic E-state index is 5.16. The van der Waals surface area contributed by atoms with Gasteiger partial charge in [0.2, 0.25) is 0 Å². The Bertz CT molecular complexity index is 144. The first-order chi connectivity index (χ1) is 4.52. The number of nitrogens with two attached hydrogens (primary N) is 1. The van der Waals surface area contributed by atoms with Crippen LogP contribution in [0.1, 0.15) is 20.8 Å². The first kappa shape index (κ1) is 9.56. The molecule has 2 nitrogen and oxygen atoms in total. The molecule has 0 saturated carbocycles. The molecular formula is C7H14N2S. The Morgan fingerprint density at radius 1 is 1.60 bits per heavy atom. The van der Waals surface area contributed by atoms with Gasteiger partial charge in [0.25, 0.3) is 0 Å². The monoisotopic (exact) mass is 158 g/mol. The van der Waals surface area contributed by atoms with Gasteiger partial charge in [-0.15, -0.1) is 0 Å². The average molecular weight is 158 g/mol. The van der Waals surface area contributed by atoms with E-state index >= 15 is 0 Å². The standard InChI is InChI=1S/C7H14N2S/c1-5-10-6(9-8)7(2,3)4/h5H,1,8H2,2-4H3/b9-6-. The Kier molecular flexibility index (Phi) is 3.50. The lowest BCUT2D eigenvalue weighted by atomic mass is 9.99. The van der Waals surface area contributed by atoms with Gasteiger partial charge in [-0.05, 0) is 5.41 Å². The summed E-state index contributed by atoms with van der Waals surface area (Å²) >= 11 is 1.47. The van der Waals surface area contributed by atoms with Crippen molar-refractivity contribution in [3.8, 4) is 0 Å². The van der Waals surface area contributed by atoms with Gasteiger partial charge in [-0.25, -0.2) is 0 Å². The summed E-state index contributed by atoms with van der Waals surface area (Å²) < 4.78 is 0. The van der Waals surface area contributed by atoms with Gasteiger partial charge >= 0.3 is 0 Å². The van der Waals surface area contributed by atoms with Gasteiger partial charge in [0.1, 0.15) is 5.04 Å². The molecule has 0 atom stereocenters. The number of hydrogen-bond donors (Lipinski definition) is 1. The summed E-state index contributed by atoms with van der Waals surface area (Å²) in [5, 5.41) is 6.30. The van der Waals surface area contributed by atoms with Crippen LogP contribution in [0.3, 0.4) is 0 Å². The van der Waals surface area contributed by atoms with Crippen molar-refractivity contribution in [2.24, 2.45) is 16.4 Å². The average Bonchev–Trinajstić information content (AvgIpc) is 1.80. The predicted molar refractivity (Wildman–Crippen MR) is 48.9 cm³/mol. The highest BCUT2D eigenvalue weighted by Gasteiger charge is 2.17. The van der Waals surface area contributed by atoms with Crippen LogP contribution in [0.2, 0.25) is 0 Å². The second-order valence-corrected chi connectivity index (χ2v) is 3.92. The van der Waals surface area contributed by atoms with E-state index in [0.717, 1.165) is 5.04 Å².